The molecule has 26 heavy (non-hydrogen) atoms. The first kappa shape index (κ1) is 17.4. The number of urea groups is 1. The van der Waals surface area contributed by atoms with E-state index in [2.05, 4.69) is 11.4 Å². The predicted molar refractivity (Wildman–Crippen MR) is 92.4 cm³/mol. The molecule has 2 N–H and O–H groups in total. The molecule has 6 nitrogen and oxygen atoms in total. The molecule has 1 saturated heterocycles. The molecule has 9 heteroatoms. The maximum atomic E-state index is 12.4. The average Bonchev–Trinajstić information content (AvgIpc) is 3.12. The molecule has 0 bridgehead atoms. The van der Waals surface area contributed by atoms with Gasteiger partial charge in [-0.3, -0.25) is 0 Å². The van der Waals surface area contributed by atoms with E-state index in [0.29, 0.717) is 0 Å². The van der Waals surface area contributed by atoms with Crippen molar-refractivity contribution < 1.29 is 22.0 Å². The minimum Gasteiger partial charge on any atom is -0.307 e. The molecule has 1 aromatic rings. The molecule has 3 aliphatic rings. The standard InChI is InChI=1S/C17H19F2N3O3S/c18-16(19)12-8-22(9-12)26(24,25)21-17(23)20-15-13-5-1-3-10(13)7-11-4-2-6-14(11)15/h7H,1-6,8-9H2,(H2,20,21,23). The number of nitrogens with one attached hydrogen (secondary N) is 2. The molecular formula is C17H19F2N3O3S. The van der Waals surface area contributed by atoms with Crippen molar-refractivity contribution >= 4 is 21.9 Å². The minimum absolute atomic E-state index is 0.227. The molecule has 4 rings (SSSR count). The van der Waals surface area contributed by atoms with Crippen LogP contribution in [0.1, 0.15) is 35.1 Å². The SMILES string of the molecule is O=C(Nc1c2c(cc3c1CCC3)CCC2)NS(=O)(=O)N1CC(=C(F)F)C1. The van der Waals surface area contributed by atoms with Gasteiger partial charge in [0.1, 0.15) is 0 Å². The summed E-state index contributed by atoms with van der Waals surface area (Å²) in [6, 6.07) is 1.36. The van der Waals surface area contributed by atoms with Crippen LogP contribution in [-0.2, 0) is 35.9 Å². The van der Waals surface area contributed by atoms with E-state index in [-0.39, 0.29) is 18.7 Å². The van der Waals surface area contributed by atoms with E-state index in [1.54, 1.807) is 0 Å². The molecule has 0 aromatic heterocycles. The molecule has 0 atom stereocenters. The Morgan fingerprint density at radius 3 is 2.12 bits per heavy atom. The number of benzene rings is 1. The normalized spacial score (nSPS) is 18.9. The Kier molecular flexibility index (Phi) is 4.23. The van der Waals surface area contributed by atoms with Crippen molar-refractivity contribution in [3.63, 3.8) is 0 Å². The lowest BCUT2D eigenvalue weighted by atomic mass is 9.99. The van der Waals surface area contributed by atoms with Crippen LogP contribution in [0, 0.1) is 0 Å². The highest BCUT2D eigenvalue weighted by Gasteiger charge is 2.35. The van der Waals surface area contributed by atoms with E-state index in [1.165, 1.54) is 11.1 Å². The molecular weight excluding hydrogens is 364 g/mol. The largest absolute Gasteiger partial charge is 0.333 e. The van der Waals surface area contributed by atoms with Crippen LogP contribution in [0.4, 0.5) is 19.3 Å². The molecule has 1 heterocycles. The third-order valence-corrected chi connectivity index (χ3v) is 6.66. The van der Waals surface area contributed by atoms with Gasteiger partial charge in [0.15, 0.2) is 0 Å². The Morgan fingerprint density at radius 2 is 1.58 bits per heavy atom. The second kappa shape index (κ2) is 6.31. The van der Waals surface area contributed by atoms with Gasteiger partial charge in [-0.25, -0.2) is 9.52 Å². The fourth-order valence-corrected chi connectivity index (χ4v) is 5.02. The van der Waals surface area contributed by atoms with Gasteiger partial charge >= 0.3 is 16.2 Å². The Labute approximate surface area is 150 Å². The fraction of sp³-hybridized carbons (Fsp3) is 0.471. The average molecular weight is 383 g/mol. The number of carbonyl (C=O) groups is 1. The summed E-state index contributed by atoms with van der Waals surface area (Å²) in [5, 5.41) is 2.72. The van der Waals surface area contributed by atoms with Crippen LogP contribution in [0.2, 0.25) is 0 Å². The highest BCUT2D eigenvalue weighted by molar-refractivity contribution is 7.87. The first-order chi connectivity index (χ1) is 12.3. The summed E-state index contributed by atoms with van der Waals surface area (Å²) in [5.74, 6) is 0. The third-order valence-electron chi connectivity index (χ3n) is 5.27. The van der Waals surface area contributed by atoms with Gasteiger partial charge in [-0.2, -0.15) is 21.5 Å². The summed E-state index contributed by atoms with van der Waals surface area (Å²) in [6.45, 7) is -0.776. The maximum absolute atomic E-state index is 12.4. The quantitative estimate of drug-likeness (QED) is 0.842. The number of anilines is 1. The van der Waals surface area contributed by atoms with E-state index in [9.17, 15) is 22.0 Å². The third kappa shape index (κ3) is 2.99. The number of amides is 2. The Bertz CT molecular complexity index is 883. The number of nitrogens with zero attached hydrogens (tertiary/aromatic N) is 1. The first-order valence-corrected chi connectivity index (χ1v) is 10.1. The van der Waals surface area contributed by atoms with Crippen molar-refractivity contribution in [1.29, 1.82) is 0 Å². The molecule has 2 aliphatic carbocycles. The Hall–Kier alpha value is -2.00. The van der Waals surface area contributed by atoms with E-state index in [4.69, 9.17) is 0 Å². The Morgan fingerprint density at radius 1 is 1.00 bits per heavy atom. The van der Waals surface area contributed by atoms with Gasteiger partial charge in [-0.1, -0.05) is 6.07 Å². The van der Waals surface area contributed by atoms with Crippen LogP contribution >= 0.6 is 0 Å². The van der Waals surface area contributed by atoms with Crippen molar-refractivity contribution in [2.24, 2.45) is 0 Å². The van der Waals surface area contributed by atoms with Crippen molar-refractivity contribution in [3.05, 3.63) is 40.0 Å². The molecule has 0 radical (unpaired) electrons. The zero-order chi connectivity index (χ0) is 18.5. The summed E-state index contributed by atoms with van der Waals surface area (Å²) in [4.78, 5) is 12.3. The summed E-state index contributed by atoms with van der Waals surface area (Å²) < 4.78 is 51.8. The predicted octanol–water partition coefficient (Wildman–Crippen LogP) is 2.50. The highest BCUT2D eigenvalue weighted by atomic mass is 32.2. The van der Waals surface area contributed by atoms with Crippen LogP contribution in [0.15, 0.2) is 17.7 Å². The number of fused-ring (bicyclic) bond motifs is 2. The minimum atomic E-state index is -4.13. The smallest absolute Gasteiger partial charge is 0.307 e. The zero-order valence-electron chi connectivity index (χ0n) is 14.1. The van der Waals surface area contributed by atoms with Gasteiger partial charge in [0.05, 0.1) is 0 Å². The number of aryl methyl sites for hydroxylation is 2. The first-order valence-electron chi connectivity index (χ1n) is 8.63. The lowest BCUT2D eigenvalue weighted by molar-refractivity contribution is 0.255. The van der Waals surface area contributed by atoms with Gasteiger partial charge in [0.2, 0.25) is 0 Å². The van der Waals surface area contributed by atoms with Gasteiger partial charge in [-0.05, 0) is 60.8 Å². The lowest BCUT2D eigenvalue weighted by Crippen LogP contribution is -2.52. The van der Waals surface area contributed by atoms with Crippen molar-refractivity contribution in [3.8, 4) is 0 Å². The molecule has 140 valence electrons. The van der Waals surface area contributed by atoms with Gasteiger partial charge in [-0.15, -0.1) is 0 Å². The summed E-state index contributed by atoms with van der Waals surface area (Å²) in [5.41, 5.74) is 5.13. The summed E-state index contributed by atoms with van der Waals surface area (Å²) in [7, 11) is -4.13. The zero-order valence-corrected chi connectivity index (χ0v) is 14.9. The van der Waals surface area contributed by atoms with Crippen LogP contribution in [-0.4, -0.2) is 31.8 Å². The number of rotatable bonds is 3. The molecule has 1 fully saturated rings. The van der Waals surface area contributed by atoms with Gasteiger partial charge < -0.3 is 5.32 Å². The van der Waals surface area contributed by atoms with E-state index in [1.807, 2.05) is 4.72 Å². The molecule has 1 aromatic carbocycles. The number of halogens is 2. The monoisotopic (exact) mass is 383 g/mol. The van der Waals surface area contributed by atoms with E-state index in [0.717, 1.165) is 59.6 Å². The highest BCUT2D eigenvalue weighted by Crippen LogP contribution is 2.38. The molecule has 0 spiro atoms. The van der Waals surface area contributed by atoms with Gasteiger partial charge in [0.25, 0.3) is 6.08 Å². The van der Waals surface area contributed by atoms with Gasteiger partial charge in [0, 0.05) is 24.4 Å². The van der Waals surface area contributed by atoms with Crippen LogP contribution < -0.4 is 10.0 Å². The van der Waals surface area contributed by atoms with Crippen LogP contribution in [0.5, 0.6) is 0 Å². The van der Waals surface area contributed by atoms with Crippen molar-refractivity contribution in [1.82, 2.24) is 9.03 Å². The fourth-order valence-electron chi connectivity index (χ4n) is 3.96. The molecule has 2 amide bonds. The number of hydrogen-bond donors (Lipinski definition) is 2. The van der Waals surface area contributed by atoms with Crippen LogP contribution in [0.25, 0.3) is 0 Å². The van der Waals surface area contributed by atoms with Crippen molar-refractivity contribution in [2.45, 2.75) is 38.5 Å². The molecule has 0 unspecified atom stereocenters. The molecule has 0 saturated carbocycles. The number of hydrogen-bond acceptors (Lipinski definition) is 3. The Balaban J connectivity index is 1.51. The lowest BCUT2D eigenvalue weighted by Gasteiger charge is -2.31. The second-order valence-corrected chi connectivity index (χ2v) is 8.60. The number of carbonyl (C=O) groups excluding carboxylic acids is 1. The summed E-state index contributed by atoms with van der Waals surface area (Å²) in [6.07, 6.45) is 3.83. The summed E-state index contributed by atoms with van der Waals surface area (Å²) >= 11 is 0. The molecule has 1 aliphatic heterocycles. The van der Waals surface area contributed by atoms with Crippen LogP contribution in [0.3, 0.4) is 0 Å². The maximum Gasteiger partial charge on any atom is 0.333 e. The van der Waals surface area contributed by atoms with E-state index < -0.39 is 22.3 Å². The van der Waals surface area contributed by atoms with E-state index >= 15 is 0 Å². The topological polar surface area (TPSA) is 78.5 Å². The second-order valence-electron chi connectivity index (χ2n) is 6.93. The van der Waals surface area contributed by atoms with Crippen molar-refractivity contribution in [2.75, 3.05) is 18.4 Å².